The quantitative estimate of drug-likeness (QED) is 0.783. The highest BCUT2D eigenvalue weighted by molar-refractivity contribution is 7.89. The number of halogens is 1. The summed E-state index contributed by atoms with van der Waals surface area (Å²) in [6, 6.07) is 8.50. The summed E-state index contributed by atoms with van der Waals surface area (Å²) in [4.78, 5) is 12.5. The zero-order chi connectivity index (χ0) is 17.9. The molecule has 1 atom stereocenters. The maximum Gasteiger partial charge on any atom is 0.223 e. The SMILES string of the molecule is CCS(=O)(=O)N1CCC(C(=O)NCC2NCCc3ccccc32)CC1.Cl. The summed E-state index contributed by atoms with van der Waals surface area (Å²) in [6.07, 6.45) is 2.21. The number of hydrogen-bond acceptors (Lipinski definition) is 4. The molecule has 1 fully saturated rings. The van der Waals surface area contributed by atoms with Crippen LogP contribution in [-0.4, -0.2) is 50.6 Å². The second-order valence-corrected chi connectivity index (χ2v) is 9.03. The van der Waals surface area contributed by atoms with Gasteiger partial charge in [0, 0.05) is 31.6 Å². The lowest BCUT2D eigenvalue weighted by molar-refractivity contribution is -0.126. The number of carbonyl (C=O) groups is 1. The molecule has 1 unspecified atom stereocenters. The van der Waals surface area contributed by atoms with Gasteiger partial charge in [0.1, 0.15) is 0 Å². The van der Waals surface area contributed by atoms with Gasteiger partial charge in [-0.3, -0.25) is 4.79 Å². The zero-order valence-corrected chi connectivity index (χ0v) is 16.7. The number of piperidine rings is 1. The average molecular weight is 402 g/mol. The highest BCUT2D eigenvalue weighted by Crippen LogP contribution is 2.23. The molecule has 0 spiro atoms. The topological polar surface area (TPSA) is 78.5 Å². The van der Waals surface area contributed by atoms with E-state index in [4.69, 9.17) is 0 Å². The van der Waals surface area contributed by atoms with Crippen molar-refractivity contribution in [1.82, 2.24) is 14.9 Å². The molecule has 0 radical (unpaired) electrons. The molecule has 8 heteroatoms. The summed E-state index contributed by atoms with van der Waals surface area (Å²) in [5, 5.41) is 6.53. The number of nitrogens with one attached hydrogen (secondary N) is 2. The standard InChI is InChI=1S/C18H27N3O3S.ClH/c1-2-25(23,24)21-11-8-15(9-12-21)18(22)20-13-17-16-6-4-3-5-14(16)7-10-19-17;/h3-6,15,17,19H,2,7-13H2,1H3,(H,20,22);1H. The molecular formula is C18H28ClN3O3S. The number of amides is 1. The molecule has 0 bridgehead atoms. The summed E-state index contributed by atoms with van der Waals surface area (Å²) in [5.41, 5.74) is 2.61. The lowest BCUT2D eigenvalue weighted by atomic mass is 9.93. The molecule has 0 aromatic heterocycles. The Kier molecular flexibility index (Phi) is 7.46. The Bertz CT molecular complexity index is 718. The van der Waals surface area contributed by atoms with Gasteiger partial charge in [-0.05, 0) is 43.9 Å². The third kappa shape index (κ3) is 4.76. The Labute approximate surface area is 162 Å². The van der Waals surface area contributed by atoms with Gasteiger partial charge in [-0.1, -0.05) is 24.3 Å². The van der Waals surface area contributed by atoms with Gasteiger partial charge in [0.25, 0.3) is 0 Å². The van der Waals surface area contributed by atoms with E-state index in [1.54, 1.807) is 6.92 Å². The van der Waals surface area contributed by atoms with Crippen LogP contribution in [-0.2, 0) is 21.2 Å². The van der Waals surface area contributed by atoms with Gasteiger partial charge in [0.05, 0.1) is 5.75 Å². The van der Waals surface area contributed by atoms with Crippen LogP contribution >= 0.6 is 12.4 Å². The highest BCUT2D eigenvalue weighted by Gasteiger charge is 2.30. The van der Waals surface area contributed by atoms with E-state index in [-0.39, 0.29) is 36.0 Å². The van der Waals surface area contributed by atoms with Crippen LogP contribution in [0.15, 0.2) is 24.3 Å². The molecule has 2 heterocycles. The molecule has 3 rings (SSSR count). The van der Waals surface area contributed by atoms with E-state index in [0.29, 0.717) is 32.5 Å². The van der Waals surface area contributed by atoms with Crippen molar-refractivity contribution in [2.45, 2.75) is 32.2 Å². The summed E-state index contributed by atoms with van der Waals surface area (Å²) >= 11 is 0. The first-order valence-electron chi connectivity index (χ1n) is 9.08. The van der Waals surface area contributed by atoms with Crippen molar-refractivity contribution < 1.29 is 13.2 Å². The summed E-state index contributed by atoms with van der Waals surface area (Å²) < 4.78 is 25.3. The van der Waals surface area contributed by atoms with Gasteiger partial charge in [-0.25, -0.2) is 12.7 Å². The normalized spacial score (nSPS) is 21.5. The number of hydrogen-bond donors (Lipinski definition) is 2. The van der Waals surface area contributed by atoms with Crippen LogP contribution in [0, 0.1) is 5.92 Å². The smallest absolute Gasteiger partial charge is 0.223 e. The molecule has 1 amide bonds. The minimum absolute atomic E-state index is 0. The molecule has 146 valence electrons. The minimum atomic E-state index is -3.14. The van der Waals surface area contributed by atoms with Crippen molar-refractivity contribution in [2.75, 3.05) is 31.9 Å². The van der Waals surface area contributed by atoms with E-state index in [1.807, 2.05) is 6.07 Å². The summed E-state index contributed by atoms with van der Waals surface area (Å²) in [7, 11) is -3.14. The number of fused-ring (bicyclic) bond motifs is 1. The number of carbonyl (C=O) groups excluding carboxylic acids is 1. The third-order valence-corrected chi connectivity index (χ3v) is 7.16. The molecule has 6 nitrogen and oxygen atoms in total. The number of sulfonamides is 1. The Morgan fingerprint density at radius 3 is 2.65 bits per heavy atom. The number of nitrogens with zero attached hydrogens (tertiary/aromatic N) is 1. The summed E-state index contributed by atoms with van der Waals surface area (Å²) in [5.74, 6) is 0.0666. The predicted molar refractivity (Wildman–Crippen MR) is 105 cm³/mol. The zero-order valence-electron chi connectivity index (χ0n) is 15.1. The molecule has 0 aliphatic carbocycles. The van der Waals surface area contributed by atoms with E-state index in [1.165, 1.54) is 15.4 Å². The van der Waals surface area contributed by atoms with E-state index < -0.39 is 10.0 Å². The molecule has 26 heavy (non-hydrogen) atoms. The fourth-order valence-corrected chi connectivity index (χ4v) is 4.83. The van der Waals surface area contributed by atoms with Gasteiger partial charge < -0.3 is 10.6 Å². The van der Waals surface area contributed by atoms with Crippen molar-refractivity contribution >= 4 is 28.3 Å². The monoisotopic (exact) mass is 401 g/mol. The third-order valence-electron chi connectivity index (χ3n) is 5.28. The lowest BCUT2D eigenvalue weighted by Gasteiger charge is -2.31. The largest absolute Gasteiger partial charge is 0.354 e. The number of rotatable bonds is 5. The highest BCUT2D eigenvalue weighted by atomic mass is 35.5. The van der Waals surface area contributed by atoms with Crippen molar-refractivity contribution in [3.63, 3.8) is 0 Å². The van der Waals surface area contributed by atoms with E-state index in [2.05, 4.69) is 28.8 Å². The van der Waals surface area contributed by atoms with Crippen LogP contribution in [0.2, 0.25) is 0 Å². The second kappa shape index (κ2) is 9.17. The van der Waals surface area contributed by atoms with Crippen LogP contribution in [0.5, 0.6) is 0 Å². The van der Waals surface area contributed by atoms with Crippen LogP contribution in [0.3, 0.4) is 0 Å². The van der Waals surface area contributed by atoms with Crippen molar-refractivity contribution in [1.29, 1.82) is 0 Å². The Hall–Kier alpha value is -1.15. The molecule has 0 saturated carbocycles. The molecule has 1 aromatic rings. The predicted octanol–water partition coefficient (Wildman–Crippen LogP) is 1.47. The van der Waals surface area contributed by atoms with Gasteiger partial charge in [0.15, 0.2) is 0 Å². The van der Waals surface area contributed by atoms with Crippen molar-refractivity contribution in [2.24, 2.45) is 5.92 Å². The Balaban J connectivity index is 0.00000243. The van der Waals surface area contributed by atoms with Gasteiger partial charge in [-0.2, -0.15) is 0 Å². The van der Waals surface area contributed by atoms with Crippen molar-refractivity contribution in [3.05, 3.63) is 35.4 Å². The van der Waals surface area contributed by atoms with Crippen molar-refractivity contribution in [3.8, 4) is 0 Å². The van der Waals surface area contributed by atoms with Gasteiger partial charge in [0.2, 0.25) is 15.9 Å². The number of benzene rings is 1. The molecule has 2 aliphatic rings. The van der Waals surface area contributed by atoms with Crippen LogP contribution < -0.4 is 10.6 Å². The first-order chi connectivity index (χ1) is 12.0. The second-order valence-electron chi connectivity index (χ2n) is 6.77. The molecule has 2 aliphatic heterocycles. The Morgan fingerprint density at radius 2 is 1.96 bits per heavy atom. The fourth-order valence-electron chi connectivity index (χ4n) is 3.70. The van der Waals surface area contributed by atoms with E-state index >= 15 is 0 Å². The maximum absolute atomic E-state index is 12.5. The minimum Gasteiger partial charge on any atom is -0.354 e. The van der Waals surface area contributed by atoms with E-state index in [9.17, 15) is 13.2 Å². The van der Waals surface area contributed by atoms with Crippen LogP contribution in [0.1, 0.15) is 36.9 Å². The van der Waals surface area contributed by atoms with E-state index in [0.717, 1.165) is 13.0 Å². The fraction of sp³-hybridized carbons (Fsp3) is 0.611. The average Bonchev–Trinajstić information content (AvgIpc) is 2.66. The lowest BCUT2D eigenvalue weighted by Crippen LogP contribution is -2.45. The molecule has 2 N–H and O–H groups in total. The van der Waals surface area contributed by atoms with Gasteiger partial charge >= 0.3 is 0 Å². The van der Waals surface area contributed by atoms with Crippen LogP contribution in [0.25, 0.3) is 0 Å². The Morgan fingerprint density at radius 1 is 1.27 bits per heavy atom. The van der Waals surface area contributed by atoms with Gasteiger partial charge in [-0.15, -0.1) is 12.4 Å². The first kappa shape index (κ1) is 21.2. The van der Waals surface area contributed by atoms with Crippen LogP contribution in [0.4, 0.5) is 0 Å². The summed E-state index contributed by atoms with van der Waals surface area (Å²) in [6.45, 7) is 4.04. The first-order valence-corrected chi connectivity index (χ1v) is 10.7. The molecular weight excluding hydrogens is 374 g/mol. The maximum atomic E-state index is 12.5. The molecule has 1 aromatic carbocycles. The molecule has 1 saturated heterocycles.